The van der Waals surface area contributed by atoms with Crippen molar-refractivity contribution in [2.75, 3.05) is 5.75 Å². The molecule has 92 valence electrons. The molecule has 0 heterocycles. The molecule has 0 bridgehead atoms. The molecule has 0 aromatic heterocycles. The average Bonchev–Trinajstić information content (AvgIpc) is 2.82. The molecular weight excluding hydrogens is 256 g/mol. The van der Waals surface area contributed by atoms with E-state index in [4.69, 9.17) is 11.6 Å². The third-order valence-corrected chi connectivity index (χ3v) is 5.09. The van der Waals surface area contributed by atoms with Crippen LogP contribution in [0.25, 0.3) is 0 Å². The van der Waals surface area contributed by atoms with Crippen LogP contribution < -0.4 is 0 Å². The quantitative estimate of drug-likeness (QED) is 0.788. The Kier molecular flexibility index (Phi) is 4.35. The molecule has 2 rings (SSSR count). The lowest BCUT2D eigenvalue weighted by molar-refractivity contribution is 0.102. The summed E-state index contributed by atoms with van der Waals surface area (Å²) in [6.45, 7) is 0. The Morgan fingerprint density at radius 1 is 1.35 bits per heavy atom. The fourth-order valence-corrected chi connectivity index (χ4v) is 3.85. The number of rotatable bonds is 4. The summed E-state index contributed by atoms with van der Waals surface area (Å²) < 4.78 is 12.0. The highest BCUT2D eigenvalue weighted by molar-refractivity contribution is 7.86. The van der Waals surface area contributed by atoms with Crippen molar-refractivity contribution in [3.63, 3.8) is 0 Å². The Bertz CT molecular complexity index is 439. The third kappa shape index (κ3) is 3.39. The van der Waals surface area contributed by atoms with Gasteiger partial charge >= 0.3 is 0 Å². The standard InChI is InChI=1S/C13H15ClO2S/c14-11-5-3-4-10(8-11)13(15)9-17(16)12-6-1-2-7-12/h3-5,8,12H,1-2,6-7,9H2. The molecule has 0 radical (unpaired) electrons. The third-order valence-electron chi connectivity index (χ3n) is 3.09. The van der Waals surface area contributed by atoms with Crippen molar-refractivity contribution in [3.05, 3.63) is 34.9 Å². The number of carbonyl (C=O) groups excluding carboxylic acids is 1. The van der Waals surface area contributed by atoms with Crippen molar-refractivity contribution in [2.45, 2.75) is 30.9 Å². The van der Waals surface area contributed by atoms with E-state index in [1.807, 2.05) is 0 Å². The summed E-state index contributed by atoms with van der Waals surface area (Å²) in [5.41, 5.74) is 0.559. The molecule has 0 aliphatic heterocycles. The topological polar surface area (TPSA) is 34.1 Å². The zero-order chi connectivity index (χ0) is 12.3. The van der Waals surface area contributed by atoms with Crippen LogP contribution in [-0.2, 0) is 10.8 Å². The van der Waals surface area contributed by atoms with Gasteiger partial charge in [0.2, 0.25) is 0 Å². The van der Waals surface area contributed by atoms with E-state index in [9.17, 15) is 9.00 Å². The van der Waals surface area contributed by atoms with E-state index in [0.717, 1.165) is 25.7 Å². The molecule has 1 aromatic carbocycles. The molecule has 1 aromatic rings. The molecule has 4 heteroatoms. The number of halogens is 1. The van der Waals surface area contributed by atoms with Crippen LogP contribution in [-0.4, -0.2) is 21.0 Å². The van der Waals surface area contributed by atoms with Crippen molar-refractivity contribution in [3.8, 4) is 0 Å². The second kappa shape index (κ2) is 5.78. The van der Waals surface area contributed by atoms with Gasteiger partial charge in [-0.05, 0) is 25.0 Å². The van der Waals surface area contributed by atoms with Gasteiger partial charge in [-0.2, -0.15) is 0 Å². The van der Waals surface area contributed by atoms with Gasteiger partial charge in [-0.1, -0.05) is 36.6 Å². The van der Waals surface area contributed by atoms with Crippen LogP contribution in [0.1, 0.15) is 36.0 Å². The van der Waals surface area contributed by atoms with Crippen molar-refractivity contribution >= 4 is 28.2 Å². The molecule has 0 amide bonds. The summed E-state index contributed by atoms with van der Waals surface area (Å²) in [4.78, 5) is 11.9. The zero-order valence-corrected chi connectivity index (χ0v) is 11.1. The van der Waals surface area contributed by atoms with Gasteiger partial charge < -0.3 is 0 Å². The summed E-state index contributed by atoms with van der Waals surface area (Å²) in [5.74, 6) is 0.0584. The van der Waals surface area contributed by atoms with Gasteiger partial charge in [0.05, 0.1) is 5.75 Å². The number of hydrogen-bond donors (Lipinski definition) is 0. The van der Waals surface area contributed by atoms with Gasteiger partial charge in [0.1, 0.15) is 0 Å². The van der Waals surface area contributed by atoms with Crippen LogP contribution in [0.4, 0.5) is 0 Å². The molecule has 1 aliphatic carbocycles. The number of benzene rings is 1. The van der Waals surface area contributed by atoms with Gasteiger partial charge in [-0.25, -0.2) is 0 Å². The lowest BCUT2D eigenvalue weighted by Gasteiger charge is -2.08. The molecule has 1 atom stereocenters. The van der Waals surface area contributed by atoms with Gasteiger partial charge in [0.25, 0.3) is 0 Å². The number of ketones is 1. The Balaban J connectivity index is 1.99. The van der Waals surface area contributed by atoms with Crippen LogP contribution >= 0.6 is 11.6 Å². The van der Waals surface area contributed by atoms with Gasteiger partial charge in [0.15, 0.2) is 5.78 Å². The minimum Gasteiger partial charge on any atom is -0.293 e. The van der Waals surface area contributed by atoms with Gasteiger partial charge in [-0.15, -0.1) is 0 Å². The van der Waals surface area contributed by atoms with Crippen LogP contribution in [0.15, 0.2) is 24.3 Å². The van der Waals surface area contributed by atoms with Crippen LogP contribution in [0.5, 0.6) is 0 Å². The maximum absolute atomic E-state index is 12.0. The number of carbonyl (C=O) groups is 1. The minimum absolute atomic E-state index is 0.0715. The monoisotopic (exact) mass is 270 g/mol. The SMILES string of the molecule is O=C(CS(=O)C1CCCC1)c1cccc(Cl)c1. The van der Waals surface area contributed by atoms with Crippen molar-refractivity contribution in [1.82, 2.24) is 0 Å². The molecule has 1 saturated carbocycles. The summed E-state index contributed by atoms with van der Waals surface area (Å²) >= 11 is 5.82. The molecule has 0 N–H and O–H groups in total. The normalized spacial score (nSPS) is 18.2. The van der Waals surface area contributed by atoms with Crippen LogP contribution in [0, 0.1) is 0 Å². The van der Waals surface area contributed by atoms with Crippen molar-refractivity contribution < 1.29 is 9.00 Å². The molecule has 17 heavy (non-hydrogen) atoms. The molecule has 1 fully saturated rings. The van der Waals surface area contributed by atoms with Crippen LogP contribution in [0.3, 0.4) is 0 Å². The summed E-state index contributed by atoms with van der Waals surface area (Å²) in [7, 11) is -1.03. The first kappa shape index (κ1) is 12.8. The second-order valence-electron chi connectivity index (χ2n) is 4.37. The molecule has 0 spiro atoms. The fourth-order valence-electron chi connectivity index (χ4n) is 2.14. The first-order chi connectivity index (χ1) is 8.16. The molecular formula is C13H15ClO2S. The Labute approximate surface area is 109 Å². The smallest absolute Gasteiger partial charge is 0.175 e. The number of Topliss-reactive ketones (excluding diaryl/α,β-unsaturated/α-hetero) is 1. The first-order valence-corrected chi connectivity index (χ1v) is 7.59. The largest absolute Gasteiger partial charge is 0.293 e. The van der Waals surface area contributed by atoms with Crippen molar-refractivity contribution in [1.29, 1.82) is 0 Å². The lowest BCUT2D eigenvalue weighted by atomic mass is 10.1. The Morgan fingerprint density at radius 2 is 2.06 bits per heavy atom. The van der Waals surface area contributed by atoms with E-state index >= 15 is 0 Å². The predicted octanol–water partition coefficient (Wildman–Crippen LogP) is 3.21. The summed E-state index contributed by atoms with van der Waals surface area (Å²) in [6.07, 6.45) is 4.27. The van der Waals surface area contributed by atoms with E-state index < -0.39 is 10.8 Å². The second-order valence-corrected chi connectivity index (χ2v) is 6.52. The zero-order valence-electron chi connectivity index (χ0n) is 9.52. The molecule has 1 unspecified atom stereocenters. The highest BCUT2D eigenvalue weighted by Crippen LogP contribution is 2.23. The van der Waals surface area contributed by atoms with E-state index in [1.165, 1.54) is 0 Å². The summed E-state index contributed by atoms with van der Waals surface area (Å²) in [5, 5.41) is 0.764. The van der Waals surface area contributed by atoms with Crippen LogP contribution in [0.2, 0.25) is 5.02 Å². The minimum atomic E-state index is -1.03. The van der Waals surface area contributed by atoms with Gasteiger partial charge in [-0.3, -0.25) is 9.00 Å². The predicted molar refractivity (Wildman–Crippen MR) is 71.0 cm³/mol. The highest BCUT2D eigenvalue weighted by Gasteiger charge is 2.23. The first-order valence-electron chi connectivity index (χ1n) is 5.83. The van der Waals surface area contributed by atoms with Gasteiger partial charge in [0, 0.05) is 26.6 Å². The Morgan fingerprint density at radius 3 is 2.71 bits per heavy atom. The maximum atomic E-state index is 12.0. The van der Waals surface area contributed by atoms with E-state index in [0.29, 0.717) is 10.6 Å². The lowest BCUT2D eigenvalue weighted by Crippen LogP contribution is -2.19. The molecule has 2 nitrogen and oxygen atoms in total. The Hall–Kier alpha value is -0.670. The van der Waals surface area contributed by atoms with E-state index in [-0.39, 0.29) is 16.8 Å². The average molecular weight is 271 g/mol. The van der Waals surface area contributed by atoms with E-state index in [2.05, 4.69) is 0 Å². The van der Waals surface area contributed by atoms with Crippen molar-refractivity contribution in [2.24, 2.45) is 0 Å². The number of hydrogen-bond acceptors (Lipinski definition) is 2. The fraction of sp³-hybridized carbons (Fsp3) is 0.462. The maximum Gasteiger partial charge on any atom is 0.175 e. The van der Waals surface area contributed by atoms with E-state index in [1.54, 1.807) is 24.3 Å². The summed E-state index contributed by atoms with van der Waals surface area (Å²) in [6, 6.07) is 6.83. The highest BCUT2D eigenvalue weighted by atomic mass is 35.5. The molecule has 1 aliphatic rings. The molecule has 0 saturated heterocycles.